The Kier molecular flexibility index (Phi) is 7.72. The Bertz CT molecular complexity index is 210. The summed E-state index contributed by atoms with van der Waals surface area (Å²) in [5.41, 5.74) is 0. The molecule has 1 amide bonds. The molecule has 1 heterocycles. The van der Waals surface area contributed by atoms with Crippen molar-refractivity contribution in [1.82, 2.24) is 10.6 Å². The monoisotopic (exact) mass is 250 g/mol. The Morgan fingerprint density at radius 3 is 2.81 bits per heavy atom. The summed E-state index contributed by atoms with van der Waals surface area (Å²) in [4.78, 5) is 11.8. The minimum absolute atomic E-state index is 0. The van der Waals surface area contributed by atoms with E-state index < -0.39 is 0 Å². The first kappa shape index (κ1) is 15.7. The van der Waals surface area contributed by atoms with Gasteiger partial charge < -0.3 is 15.4 Å². The molecule has 3 unspecified atom stereocenters. The maximum Gasteiger partial charge on any atom is 0.249 e. The zero-order valence-corrected chi connectivity index (χ0v) is 11.1. The fourth-order valence-electron chi connectivity index (χ4n) is 1.92. The van der Waals surface area contributed by atoms with Crippen molar-refractivity contribution in [1.29, 1.82) is 0 Å². The third-order valence-electron chi connectivity index (χ3n) is 3.10. The first-order valence-corrected chi connectivity index (χ1v) is 5.73. The van der Waals surface area contributed by atoms with Crippen LogP contribution in [0.25, 0.3) is 0 Å². The Morgan fingerprint density at radius 1 is 1.62 bits per heavy atom. The number of piperidine rings is 1. The Labute approximate surface area is 104 Å². The predicted molar refractivity (Wildman–Crippen MR) is 66.9 cm³/mol. The lowest BCUT2D eigenvalue weighted by molar-refractivity contribution is -0.132. The third kappa shape index (κ3) is 4.28. The zero-order valence-electron chi connectivity index (χ0n) is 10.3. The standard InChI is InChI=1S/C11H22N2O2.ClH/c1-4-10(15-3)11(14)13-9-7-12-6-5-8(9)2;/h8-10,12H,4-7H2,1-3H3,(H,13,14);1H. The average Bonchev–Trinajstić information content (AvgIpc) is 2.23. The molecule has 0 radical (unpaired) electrons. The minimum atomic E-state index is -0.306. The summed E-state index contributed by atoms with van der Waals surface area (Å²) < 4.78 is 5.11. The molecular formula is C11H23ClN2O2. The van der Waals surface area contributed by atoms with Gasteiger partial charge in [0.1, 0.15) is 6.10 Å². The molecule has 2 N–H and O–H groups in total. The number of carbonyl (C=O) groups is 1. The van der Waals surface area contributed by atoms with E-state index >= 15 is 0 Å². The number of rotatable bonds is 4. The van der Waals surface area contributed by atoms with Gasteiger partial charge in [-0.2, -0.15) is 0 Å². The summed E-state index contributed by atoms with van der Waals surface area (Å²) in [7, 11) is 1.58. The van der Waals surface area contributed by atoms with Crippen molar-refractivity contribution in [2.75, 3.05) is 20.2 Å². The van der Waals surface area contributed by atoms with Gasteiger partial charge in [0.25, 0.3) is 0 Å². The normalized spacial score (nSPS) is 26.7. The highest BCUT2D eigenvalue weighted by atomic mass is 35.5. The summed E-state index contributed by atoms with van der Waals surface area (Å²) in [6, 6.07) is 0.246. The fourth-order valence-corrected chi connectivity index (χ4v) is 1.92. The van der Waals surface area contributed by atoms with Gasteiger partial charge in [0.05, 0.1) is 0 Å². The van der Waals surface area contributed by atoms with Crippen LogP contribution in [0.1, 0.15) is 26.7 Å². The van der Waals surface area contributed by atoms with E-state index in [0.717, 1.165) is 25.9 Å². The van der Waals surface area contributed by atoms with Crippen LogP contribution in [0, 0.1) is 5.92 Å². The van der Waals surface area contributed by atoms with E-state index in [1.807, 2.05) is 6.92 Å². The molecule has 1 aliphatic rings. The van der Waals surface area contributed by atoms with Crippen molar-refractivity contribution in [2.24, 2.45) is 5.92 Å². The van der Waals surface area contributed by atoms with Gasteiger partial charge in [0, 0.05) is 19.7 Å². The third-order valence-corrected chi connectivity index (χ3v) is 3.10. The van der Waals surface area contributed by atoms with Crippen LogP contribution in [0.4, 0.5) is 0 Å². The van der Waals surface area contributed by atoms with Crippen LogP contribution < -0.4 is 10.6 Å². The second-order valence-corrected chi connectivity index (χ2v) is 4.22. The molecule has 1 aliphatic heterocycles. The quantitative estimate of drug-likeness (QED) is 0.781. The predicted octanol–water partition coefficient (Wildman–Crippen LogP) is 0.947. The average molecular weight is 251 g/mol. The molecule has 4 nitrogen and oxygen atoms in total. The van der Waals surface area contributed by atoms with Crippen molar-refractivity contribution >= 4 is 18.3 Å². The summed E-state index contributed by atoms with van der Waals surface area (Å²) in [6.07, 6.45) is 1.53. The van der Waals surface area contributed by atoms with Gasteiger partial charge in [-0.05, 0) is 25.3 Å². The number of carbonyl (C=O) groups excluding carboxylic acids is 1. The van der Waals surface area contributed by atoms with E-state index in [2.05, 4.69) is 17.6 Å². The van der Waals surface area contributed by atoms with Crippen LogP contribution >= 0.6 is 12.4 Å². The first-order valence-electron chi connectivity index (χ1n) is 5.73. The smallest absolute Gasteiger partial charge is 0.249 e. The second-order valence-electron chi connectivity index (χ2n) is 4.22. The molecule has 1 rings (SSSR count). The van der Waals surface area contributed by atoms with Gasteiger partial charge in [0.2, 0.25) is 5.91 Å². The van der Waals surface area contributed by atoms with Crippen molar-refractivity contribution in [3.63, 3.8) is 0 Å². The van der Waals surface area contributed by atoms with Gasteiger partial charge in [-0.3, -0.25) is 4.79 Å². The largest absolute Gasteiger partial charge is 0.372 e. The van der Waals surface area contributed by atoms with E-state index in [1.165, 1.54) is 0 Å². The van der Waals surface area contributed by atoms with Gasteiger partial charge in [0.15, 0.2) is 0 Å². The SMILES string of the molecule is CCC(OC)C(=O)NC1CNCCC1C.Cl. The highest BCUT2D eigenvalue weighted by Gasteiger charge is 2.25. The van der Waals surface area contributed by atoms with Crippen LogP contribution in [0.5, 0.6) is 0 Å². The number of hydrogen-bond acceptors (Lipinski definition) is 3. The molecule has 0 spiro atoms. The van der Waals surface area contributed by atoms with E-state index in [0.29, 0.717) is 5.92 Å². The molecular weight excluding hydrogens is 228 g/mol. The van der Waals surface area contributed by atoms with Gasteiger partial charge in [-0.25, -0.2) is 0 Å². The number of hydrogen-bond donors (Lipinski definition) is 2. The van der Waals surface area contributed by atoms with E-state index in [4.69, 9.17) is 4.74 Å². The molecule has 0 saturated carbocycles. The minimum Gasteiger partial charge on any atom is -0.372 e. The molecule has 0 aromatic carbocycles. The van der Waals surface area contributed by atoms with Gasteiger partial charge in [-0.15, -0.1) is 12.4 Å². The molecule has 3 atom stereocenters. The van der Waals surface area contributed by atoms with Crippen LogP contribution in [0.2, 0.25) is 0 Å². The lowest BCUT2D eigenvalue weighted by atomic mass is 9.94. The van der Waals surface area contributed by atoms with Crippen LogP contribution in [0.15, 0.2) is 0 Å². The van der Waals surface area contributed by atoms with Crippen LogP contribution in [-0.2, 0) is 9.53 Å². The summed E-state index contributed by atoms with van der Waals surface area (Å²) in [5.74, 6) is 0.560. The van der Waals surface area contributed by atoms with Crippen LogP contribution in [-0.4, -0.2) is 38.3 Å². The molecule has 1 fully saturated rings. The number of methoxy groups -OCH3 is 1. The molecule has 96 valence electrons. The molecule has 0 aliphatic carbocycles. The lowest BCUT2D eigenvalue weighted by Gasteiger charge is -2.31. The number of halogens is 1. The maximum atomic E-state index is 11.8. The lowest BCUT2D eigenvalue weighted by Crippen LogP contribution is -2.52. The van der Waals surface area contributed by atoms with Crippen molar-refractivity contribution in [3.8, 4) is 0 Å². The van der Waals surface area contributed by atoms with E-state index in [1.54, 1.807) is 7.11 Å². The first-order chi connectivity index (χ1) is 7.19. The Morgan fingerprint density at radius 2 is 2.31 bits per heavy atom. The second kappa shape index (κ2) is 7.87. The number of ether oxygens (including phenoxy) is 1. The molecule has 0 bridgehead atoms. The van der Waals surface area contributed by atoms with Gasteiger partial charge in [-0.1, -0.05) is 13.8 Å². The molecule has 0 aromatic heterocycles. The molecule has 0 aromatic rings. The topological polar surface area (TPSA) is 50.4 Å². The van der Waals surface area contributed by atoms with Crippen molar-refractivity contribution < 1.29 is 9.53 Å². The summed E-state index contributed by atoms with van der Waals surface area (Å²) in [6.45, 7) is 6.05. The van der Waals surface area contributed by atoms with Crippen molar-refractivity contribution in [3.05, 3.63) is 0 Å². The molecule has 5 heteroatoms. The molecule has 1 saturated heterocycles. The Balaban J connectivity index is 0.00000225. The maximum absolute atomic E-state index is 11.8. The van der Waals surface area contributed by atoms with Gasteiger partial charge >= 0.3 is 0 Å². The number of amides is 1. The zero-order chi connectivity index (χ0) is 11.3. The van der Waals surface area contributed by atoms with Crippen LogP contribution in [0.3, 0.4) is 0 Å². The van der Waals surface area contributed by atoms with E-state index in [-0.39, 0.29) is 30.5 Å². The summed E-state index contributed by atoms with van der Waals surface area (Å²) in [5, 5.41) is 6.33. The van der Waals surface area contributed by atoms with E-state index in [9.17, 15) is 4.79 Å². The highest BCUT2D eigenvalue weighted by molar-refractivity contribution is 5.85. The Hall–Kier alpha value is -0.320. The number of nitrogens with one attached hydrogen (secondary N) is 2. The summed E-state index contributed by atoms with van der Waals surface area (Å²) >= 11 is 0. The fraction of sp³-hybridized carbons (Fsp3) is 0.909. The molecule has 16 heavy (non-hydrogen) atoms. The highest BCUT2D eigenvalue weighted by Crippen LogP contribution is 2.11. The van der Waals surface area contributed by atoms with Crippen molar-refractivity contribution in [2.45, 2.75) is 38.8 Å².